The van der Waals surface area contributed by atoms with E-state index >= 15 is 0 Å². The Morgan fingerprint density at radius 1 is 1.41 bits per heavy atom. The number of nitriles is 1. The zero-order valence-electron chi connectivity index (χ0n) is 10.1. The fourth-order valence-electron chi connectivity index (χ4n) is 1.49. The van der Waals surface area contributed by atoms with Gasteiger partial charge in [0, 0.05) is 6.54 Å². The van der Waals surface area contributed by atoms with Crippen LogP contribution in [0.25, 0.3) is 0 Å². The van der Waals surface area contributed by atoms with Crippen LogP contribution >= 0.6 is 0 Å². The molecular weight excluding hydrogens is 212 g/mol. The molecule has 0 bridgehead atoms. The van der Waals surface area contributed by atoms with Crippen molar-refractivity contribution in [3.8, 4) is 6.07 Å². The van der Waals surface area contributed by atoms with Gasteiger partial charge in [-0.3, -0.25) is 0 Å². The summed E-state index contributed by atoms with van der Waals surface area (Å²) in [7, 11) is 0. The number of rotatable bonds is 6. The molecule has 17 heavy (non-hydrogen) atoms. The largest absolute Gasteiger partial charge is 0.387 e. The minimum absolute atomic E-state index is 0.520. The van der Waals surface area contributed by atoms with Crippen LogP contribution in [0.3, 0.4) is 0 Å². The van der Waals surface area contributed by atoms with Crippen LogP contribution in [0.15, 0.2) is 36.4 Å². The van der Waals surface area contributed by atoms with E-state index in [9.17, 15) is 5.11 Å². The Balaban J connectivity index is 2.36. The van der Waals surface area contributed by atoms with Crippen LogP contribution in [-0.4, -0.2) is 18.2 Å². The molecule has 1 unspecified atom stereocenters. The van der Waals surface area contributed by atoms with Crippen molar-refractivity contribution in [2.45, 2.75) is 19.4 Å². The van der Waals surface area contributed by atoms with E-state index in [2.05, 4.69) is 17.5 Å². The normalized spacial score (nSPS) is 12.5. The summed E-state index contributed by atoms with van der Waals surface area (Å²) in [5.74, 6) is 0. The quantitative estimate of drug-likeness (QED) is 0.581. The minimum atomic E-state index is -0.520. The van der Waals surface area contributed by atoms with Crippen LogP contribution in [0.2, 0.25) is 0 Å². The third-order valence-corrected chi connectivity index (χ3v) is 2.49. The maximum atomic E-state index is 9.88. The fourth-order valence-corrected chi connectivity index (χ4v) is 1.49. The van der Waals surface area contributed by atoms with Gasteiger partial charge in [-0.15, -0.1) is 0 Å². The van der Waals surface area contributed by atoms with Crippen LogP contribution in [-0.2, 0) is 0 Å². The Morgan fingerprint density at radius 2 is 2.12 bits per heavy atom. The highest BCUT2D eigenvalue weighted by molar-refractivity contribution is 5.32. The molecule has 0 saturated heterocycles. The molecule has 0 spiro atoms. The van der Waals surface area contributed by atoms with Crippen molar-refractivity contribution in [3.63, 3.8) is 0 Å². The monoisotopic (exact) mass is 230 g/mol. The van der Waals surface area contributed by atoms with E-state index in [-0.39, 0.29) is 0 Å². The van der Waals surface area contributed by atoms with Gasteiger partial charge in [-0.1, -0.05) is 24.3 Å². The first-order valence-electron chi connectivity index (χ1n) is 5.78. The number of nitrogens with one attached hydrogen (secondary N) is 1. The van der Waals surface area contributed by atoms with E-state index in [1.54, 1.807) is 24.3 Å². The van der Waals surface area contributed by atoms with Crippen LogP contribution in [0.1, 0.15) is 30.6 Å². The highest BCUT2D eigenvalue weighted by Gasteiger charge is 2.06. The first-order chi connectivity index (χ1) is 8.27. The van der Waals surface area contributed by atoms with Crippen molar-refractivity contribution >= 4 is 0 Å². The Hall–Kier alpha value is -1.63. The lowest BCUT2D eigenvalue weighted by molar-refractivity contribution is 0.175. The first-order valence-corrected chi connectivity index (χ1v) is 5.78. The first kappa shape index (κ1) is 13.4. The number of aliphatic hydroxyl groups is 1. The molecule has 1 aromatic rings. The van der Waals surface area contributed by atoms with Gasteiger partial charge in [-0.25, -0.2) is 0 Å². The van der Waals surface area contributed by atoms with E-state index in [1.807, 2.05) is 13.0 Å². The molecular formula is C14H18N2O. The summed E-state index contributed by atoms with van der Waals surface area (Å²) in [4.78, 5) is 0. The maximum Gasteiger partial charge on any atom is 0.0991 e. The average molecular weight is 230 g/mol. The molecule has 0 aliphatic heterocycles. The number of hydrogen-bond acceptors (Lipinski definition) is 3. The highest BCUT2D eigenvalue weighted by atomic mass is 16.3. The lowest BCUT2D eigenvalue weighted by atomic mass is 10.1. The molecule has 0 fully saturated rings. The second-order valence-corrected chi connectivity index (χ2v) is 3.81. The molecule has 2 N–H and O–H groups in total. The molecule has 0 radical (unpaired) electrons. The molecule has 3 heteroatoms. The molecule has 1 aromatic carbocycles. The van der Waals surface area contributed by atoms with Crippen LogP contribution in [0.5, 0.6) is 0 Å². The Labute approximate surface area is 102 Å². The molecule has 1 atom stereocenters. The summed E-state index contributed by atoms with van der Waals surface area (Å²) in [6.45, 7) is 3.38. The topological polar surface area (TPSA) is 56.0 Å². The number of allylic oxidation sites excluding steroid dienone is 1. The predicted octanol–water partition coefficient (Wildman–Crippen LogP) is 2.15. The van der Waals surface area contributed by atoms with Gasteiger partial charge in [0.15, 0.2) is 0 Å². The second kappa shape index (κ2) is 7.61. The molecule has 3 nitrogen and oxygen atoms in total. The van der Waals surface area contributed by atoms with Crippen LogP contribution in [0.4, 0.5) is 0 Å². The summed E-state index contributed by atoms with van der Waals surface area (Å²) < 4.78 is 0. The lowest BCUT2D eigenvalue weighted by Gasteiger charge is -2.11. The highest BCUT2D eigenvalue weighted by Crippen LogP contribution is 2.12. The van der Waals surface area contributed by atoms with Gasteiger partial charge in [0.2, 0.25) is 0 Å². The standard InChI is InChI=1S/C14H18N2O/c1-2-3-4-9-16-11-14(17)13-7-5-12(10-15)6-8-13/h2-3,5-8,14,16-17H,4,9,11H2,1H3/b3-2+. The third kappa shape index (κ3) is 4.81. The van der Waals surface area contributed by atoms with E-state index in [0.29, 0.717) is 12.1 Å². The summed E-state index contributed by atoms with van der Waals surface area (Å²) in [6.07, 6.45) is 4.55. The van der Waals surface area contributed by atoms with Crippen molar-refractivity contribution in [1.29, 1.82) is 5.26 Å². The summed E-state index contributed by atoms with van der Waals surface area (Å²) >= 11 is 0. The van der Waals surface area contributed by atoms with Crippen molar-refractivity contribution in [2.75, 3.05) is 13.1 Å². The van der Waals surface area contributed by atoms with E-state index in [4.69, 9.17) is 5.26 Å². The van der Waals surface area contributed by atoms with Crippen LogP contribution < -0.4 is 5.32 Å². The van der Waals surface area contributed by atoms with Crippen molar-refractivity contribution in [2.24, 2.45) is 0 Å². The van der Waals surface area contributed by atoms with E-state index < -0.39 is 6.10 Å². The Morgan fingerprint density at radius 3 is 2.71 bits per heavy atom. The Kier molecular flexibility index (Phi) is 6.02. The van der Waals surface area contributed by atoms with Gasteiger partial charge in [0.25, 0.3) is 0 Å². The third-order valence-electron chi connectivity index (χ3n) is 2.49. The molecule has 0 amide bonds. The van der Waals surface area contributed by atoms with Gasteiger partial charge in [-0.2, -0.15) is 5.26 Å². The minimum Gasteiger partial charge on any atom is -0.387 e. The summed E-state index contributed by atoms with van der Waals surface area (Å²) in [5, 5.41) is 21.7. The zero-order valence-corrected chi connectivity index (χ0v) is 10.1. The predicted molar refractivity (Wildman–Crippen MR) is 68.4 cm³/mol. The smallest absolute Gasteiger partial charge is 0.0991 e. The molecule has 0 aliphatic rings. The molecule has 0 heterocycles. The van der Waals surface area contributed by atoms with Crippen molar-refractivity contribution in [3.05, 3.63) is 47.5 Å². The molecule has 1 rings (SSSR count). The Bertz CT molecular complexity index is 390. The molecule has 0 saturated carbocycles. The second-order valence-electron chi connectivity index (χ2n) is 3.81. The van der Waals surface area contributed by atoms with E-state index in [1.165, 1.54) is 0 Å². The van der Waals surface area contributed by atoms with Gasteiger partial charge >= 0.3 is 0 Å². The van der Waals surface area contributed by atoms with Gasteiger partial charge in [0.1, 0.15) is 0 Å². The molecule has 0 aliphatic carbocycles. The maximum absolute atomic E-state index is 9.88. The van der Waals surface area contributed by atoms with E-state index in [0.717, 1.165) is 18.5 Å². The van der Waals surface area contributed by atoms with Gasteiger partial charge in [0.05, 0.1) is 17.7 Å². The number of aliphatic hydroxyl groups excluding tert-OH is 1. The molecule has 90 valence electrons. The van der Waals surface area contributed by atoms with Crippen molar-refractivity contribution < 1.29 is 5.11 Å². The van der Waals surface area contributed by atoms with Gasteiger partial charge < -0.3 is 10.4 Å². The van der Waals surface area contributed by atoms with Crippen LogP contribution in [0, 0.1) is 11.3 Å². The number of hydrogen-bond donors (Lipinski definition) is 2. The summed E-state index contributed by atoms with van der Waals surface area (Å²) in [6, 6.07) is 9.07. The van der Waals surface area contributed by atoms with Gasteiger partial charge in [-0.05, 0) is 37.6 Å². The zero-order chi connectivity index (χ0) is 12.5. The average Bonchev–Trinajstić information content (AvgIpc) is 2.38. The SMILES string of the molecule is C/C=C/CCNCC(O)c1ccc(C#N)cc1. The fraction of sp³-hybridized carbons (Fsp3) is 0.357. The number of benzene rings is 1. The molecule has 0 aromatic heterocycles. The van der Waals surface area contributed by atoms with Crippen molar-refractivity contribution in [1.82, 2.24) is 5.32 Å². The lowest BCUT2D eigenvalue weighted by Crippen LogP contribution is -2.22. The number of nitrogens with zero attached hydrogens (tertiary/aromatic N) is 1. The summed E-state index contributed by atoms with van der Waals surface area (Å²) in [5.41, 5.74) is 1.45.